The number of hydrogen-bond donors (Lipinski definition) is 1. The van der Waals surface area contributed by atoms with Crippen LogP contribution in [0.15, 0.2) is 6.20 Å². The van der Waals surface area contributed by atoms with Gasteiger partial charge in [0.15, 0.2) is 0 Å². The highest BCUT2D eigenvalue weighted by Crippen LogP contribution is 2.06. The molecule has 84 valence electrons. The first-order valence-electron chi connectivity index (χ1n) is 5.01. The maximum Gasteiger partial charge on any atom is 0.317 e. The fourth-order valence-electron chi connectivity index (χ4n) is 1.36. The molecule has 2 amide bonds. The number of carbonyl (C=O) groups is 1. The van der Waals surface area contributed by atoms with Gasteiger partial charge in [-0.05, 0) is 6.42 Å². The third-order valence-corrected chi connectivity index (χ3v) is 2.16. The zero-order valence-corrected chi connectivity index (χ0v) is 9.74. The van der Waals surface area contributed by atoms with E-state index in [4.69, 9.17) is 0 Å². The van der Waals surface area contributed by atoms with E-state index >= 15 is 0 Å². The summed E-state index contributed by atoms with van der Waals surface area (Å²) in [6.45, 7) is 2.59. The first-order chi connectivity index (χ1) is 7.04. The monoisotopic (exact) mass is 210 g/mol. The van der Waals surface area contributed by atoms with Crippen molar-refractivity contribution in [2.45, 2.75) is 19.9 Å². The van der Waals surface area contributed by atoms with Gasteiger partial charge >= 0.3 is 6.03 Å². The molecule has 1 heterocycles. The molecule has 5 nitrogen and oxygen atoms in total. The lowest BCUT2D eigenvalue weighted by Crippen LogP contribution is -2.34. The summed E-state index contributed by atoms with van der Waals surface area (Å²) in [5, 5.41) is 7.12. The maximum atomic E-state index is 11.3. The summed E-state index contributed by atoms with van der Waals surface area (Å²) in [5.41, 5.74) is 2.12. The minimum absolute atomic E-state index is 0.0825. The van der Waals surface area contributed by atoms with Crippen LogP contribution >= 0.6 is 0 Å². The zero-order chi connectivity index (χ0) is 11.4. The zero-order valence-electron chi connectivity index (χ0n) is 9.74. The van der Waals surface area contributed by atoms with Crippen LogP contribution in [0, 0.1) is 0 Å². The normalized spacial score (nSPS) is 10.1. The van der Waals surface area contributed by atoms with Crippen molar-refractivity contribution in [3.05, 3.63) is 17.5 Å². The molecule has 0 fully saturated rings. The molecular weight excluding hydrogens is 192 g/mol. The van der Waals surface area contributed by atoms with Crippen molar-refractivity contribution in [1.82, 2.24) is 20.0 Å². The van der Waals surface area contributed by atoms with Gasteiger partial charge in [0.05, 0.1) is 5.69 Å². The van der Waals surface area contributed by atoms with Crippen molar-refractivity contribution in [1.29, 1.82) is 0 Å². The Morgan fingerprint density at radius 1 is 1.60 bits per heavy atom. The Kier molecular flexibility index (Phi) is 3.71. The number of aryl methyl sites for hydroxylation is 2. The lowest BCUT2D eigenvalue weighted by atomic mass is 10.2. The molecule has 0 unspecified atom stereocenters. The first kappa shape index (κ1) is 11.6. The van der Waals surface area contributed by atoms with Crippen molar-refractivity contribution in [2.75, 3.05) is 14.1 Å². The molecule has 15 heavy (non-hydrogen) atoms. The summed E-state index contributed by atoms with van der Waals surface area (Å²) in [6, 6.07) is -0.0825. The fourth-order valence-corrected chi connectivity index (χ4v) is 1.36. The van der Waals surface area contributed by atoms with Crippen LogP contribution < -0.4 is 5.32 Å². The molecule has 0 saturated heterocycles. The van der Waals surface area contributed by atoms with E-state index in [1.54, 1.807) is 18.8 Å². The second-order valence-corrected chi connectivity index (χ2v) is 3.68. The van der Waals surface area contributed by atoms with Crippen LogP contribution in [0.25, 0.3) is 0 Å². The molecule has 1 aromatic heterocycles. The Bertz CT molecular complexity index is 343. The second-order valence-electron chi connectivity index (χ2n) is 3.68. The average molecular weight is 210 g/mol. The van der Waals surface area contributed by atoms with Crippen molar-refractivity contribution < 1.29 is 4.79 Å². The van der Waals surface area contributed by atoms with Crippen LogP contribution in [0.1, 0.15) is 18.2 Å². The number of aromatic nitrogens is 2. The van der Waals surface area contributed by atoms with E-state index in [9.17, 15) is 4.79 Å². The van der Waals surface area contributed by atoms with Gasteiger partial charge in [-0.3, -0.25) is 4.68 Å². The molecule has 0 aliphatic rings. The highest BCUT2D eigenvalue weighted by molar-refractivity contribution is 5.73. The standard InChI is InChI=1S/C10H18N4O/c1-5-9-8(7-14(4)12-9)6-11-10(15)13(2)3/h7H,5-6H2,1-4H3,(H,11,15). The van der Waals surface area contributed by atoms with Gasteiger partial charge in [0.1, 0.15) is 0 Å². The number of hydrogen-bond acceptors (Lipinski definition) is 2. The fraction of sp³-hybridized carbons (Fsp3) is 0.600. The minimum Gasteiger partial charge on any atom is -0.334 e. The molecule has 1 aromatic rings. The van der Waals surface area contributed by atoms with Gasteiger partial charge in [0, 0.05) is 39.4 Å². The van der Waals surface area contributed by atoms with Gasteiger partial charge in [-0.2, -0.15) is 5.10 Å². The third-order valence-electron chi connectivity index (χ3n) is 2.16. The molecular formula is C10H18N4O. The smallest absolute Gasteiger partial charge is 0.317 e. The number of urea groups is 1. The Hall–Kier alpha value is -1.52. The van der Waals surface area contributed by atoms with Gasteiger partial charge in [-0.25, -0.2) is 4.79 Å². The number of nitrogens with one attached hydrogen (secondary N) is 1. The molecule has 0 aliphatic carbocycles. The van der Waals surface area contributed by atoms with Gasteiger partial charge in [-0.15, -0.1) is 0 Å². The number of amides is 2. The van der Waals surface area contributed by atoms with Crippen molar-refractivity contribution >= 4 is 6.03 Å². The average Bonchev–Trinajstić information content (AvgIpc) is 2.55. The van der Waals surface area contributed by atoms with E-state index < -0.39 is 0 Å². The molecule has 0 radical (unpaired) electrons. The van der Waals surface area contributed by atoms with Crippen LogP contribution in [0.3, 0.4) is 0 Å². The van der Waals surface area contributed by atoms with Crippen LogP contribution in [0.2, 0.25) is 0 Å². The number of nitrogens with zero attached hydrogens (tertiary/aromatic N) is 3. The molecule has 0 aliphatic heterocycles. The van der Waals surface area contributed by atoms with Crippen LogP contribution in [-0.4, -0.2) is 34.8 Å². The van der Waals surface area contributed by atoms with Gasteiger partial charge in [0.2, 0.25) is 0 Å². The van der Waals surface area contributed by atoms with E-state index in [0.29, 0.717) is 6.54 Å². The first-order valence-corrected chi connectivity index (χ1v) is 5.01. The van der Waals surface area contributed by atoms with Crippen molar-refractivity contribution in [2.24, 2.45) is 7.05 Å². The summed E-state index contributed by atoms with van der Waals surface area (Å²) in [5.74, 6) is 0. The SMILES string of the molecule is CCc1nn(C)cc1CNC(=O)N(C)C. The predicted molar refractivity (Wildman–Crippen MR) is 58.5 cm³/mol. The highest BCUT2D eigenvalue weighted by Gasteiger charge is 2.08. The number of rotatable bonds is 3. The molecule has 0 bridgehead atoms. The number of carbonyl (C=O) groups excluding carboxylic acids is 1. The Balaban J connectivity index is 2.60. The summed E-state index contributed by atoms with van der Waals surface area (Å²) in [7, 11) is 5.33. The van der Waals surface area contributed by atoms with E-state index in [1.807, 2.05) is 13.2 Å². The molecule has 0 atom stereocenters. The van der Waals surface area contributed by atoms with E-state index in [2.05, 4.69) is 17.3 Å². The lowest BCUT2D eigenvalue weighted by molar-refractivity contribution is 0.217. The van der Waals surface area contributed by atoms with Crippen molar-refractivity contribution in [3.63, 3.8) is 0 Å². The molecule has 0 aromatic carbocycles. The molecule has 5 heteroatoms. The van der Waals surface area contributed by atoms with Crippen molar-refractivity contribution in [3.8, 4) is 0 Å². The van der Waals surface area contributed by atoms with E-state index in [0.717, 1.165) is 17.7 Å². The largest absolute Gasteiger partial charge is 0.334 e. The summed E-state index contributed by atoms with van der Waals surface area (Å²) < 4.78 is 1.77. The van der Waals surface area contributed by atoms with Gasteiger partial charge in [-0.1, -0.05) is 6.92 Å². The minimum atomic E-state index is -0.0825. The lowest BCUT2D eigenvalue weighted by Gasteiger charge is -2.11. The molecule has 0 saturated carbocycles. The van der Waals surface area contributed by atoms with Crippen LogP contribution in [0.5, 0.6) is 0 Å². The Morgan fingerprint density at radius 2 is 2.27 bits per heavy atom. The summed E-state index contributed by atoms with van der Waals surface area (Å²) in [4.78, 5) is 12.8. The van der Waals surface area contributed by atoms with E-state index in [-0.39, 0.29) is 6.03 Å². The predicted octanol–water partition coefficient (Wildman–Crippen LogP) is 0.754. The summed E-state index contributed by atoms with van der Waals surface area (Å²) >= 11 is 0. The second kappa shape index (κ2) is 4.82. The van der Waals surface area contributed by atoms with Gasteiger partial charge in [0.25, 0.3) is 0 Å². The van der Waals surface area contributed by atoms with Gasteiger partial charge < -0.3 is 10.2 Å². The maximum absolute atomic E-state index is 11.3. The quantitative estimate of drug-likeness (QED) is 0.800. The molecule has 1 N–H and O–H groups in total. The Morgan fingerprint density at radius 3 is 2.80 bits per heavy atom. The molecule has 1 rings (SSSR count). The van der Waals surface area contributed by atoms with E-state index in [1.165, 1.54) is 4.90 Å². The van der Waals surface area contributed by atoms with Crippen LogP contribution in [0.4, 0.5) is 4.79 Å². The topological polar surface area (TPSA) is 50.2 Å². The molecule has 0 spiro atoms. The summed E-state index contributed by atoms with van der Waals surface area (Å²) in [6.07, 6.45) is 2.82. The Labute approximate surface area is 90.1 Å². The van der Waals surface area contributed by atoms with Crippen LogP contribution in [-0.2, 0) is 20.0 Å². The third kappa shape index (κ3) is 2.97. The highest BCUT2D eigenvalue weighted by atomic mass is 16.2.